The van der Waals surface area contributed by atoms with Gasteiger partial charge in [-0.25, -0.2) is 0 Å². The van der Waals surface area contributed by atoms with Crippen molar-refractivity contribution in [1.29, 1.82) is 0 Å². The van der Waals surface area contributed by atoms with Crippen LogP contribution in [0.3, 0.4) is 0 Å². The molecule has 0 unspecified atom stereocenters. The van der Waals surface area contributed by atoms with Crippen LogP contribution in [0.4, 0.5) is 5.69 Å². The van der Waals surface area contributed by atoms with Gasteiger partial charge >= 0.3 is 5.97 Å². The lowest BCUT2D eigenvalue weighted by molar-refractivity contribution is -0.153. The first-order valence-electron chi connectivity index (χ1n) is 8.61. The molecule has 0 aromatic heterocycles. The number of anilines is 1. The summed E-state index contributed by atoms with van der Waals surface area (Å²) in [5, 5.41) is 2.76. The number of carbonyl (C=O) groups excluding carboxylic acids is 2. The highest BCUT2D eigenvalue weighted by atomic mass is 16.5. The molecule has 0 saturated heterocycles. The van der Waals surface area contributed by atoms with E-state index in [9.17, 15) is 9.59 Å². The molecular formula is C19H27NO3. The summed E-state index contributed by atoms with van der Waals surface area (Å²) in [5.41, 5.74) is 1.84. The van der Waals surface area contributed by atoms with Gasteiger partial charge in [0.1, 0.15) is 0 Å². The van der Waals surface area contributed by atoms with E-state index >= 15 is 0 Å². The maximum absolute atomic E-state index is 12.1. The zero-order valence-corrected chi connectivity index (χ0v) is 14.1. The van der Waals surface area contributed by atoms with Crippen LogP contribution < -0.4 is 5.32 Å². The highest BCUT2D eigenvalue weighted by molar-refractivity contribution is 5.95. The summed E-state index contributed by atoms with van der Waals surface area (Å²) in [6, 6.07) is 7.53. The van der Waals surface area contributed by atoms with E-state index in [1.807, 2.05) is 31.2 Å². The third-order valence-electron chi connectivity index (χ3n) is 4.48. The Balaban J connectivity index is 1.71. The Bertz CT molecular complexity index is 518. The van der Waals surface area contributed by atoms with Crippen molar-refractivity contribution in [3.8, 4) is 0 Å². The Morgan fingerprint density at radius 3 is 2.48 bits per heavy atom. The SMILES string of the molecule is Cc1ccc(NC(=O)[C@H](C)OC(=O)CCC2CCCCC2)cc1. The number of hydrogen-bond donors (Lipinski definition) is 1. The van der Waals surface area contributed by atoms with Gasteiger partial charge < -0.3 is 10.1 Å². The zero-order chi connectivity index (χ0) is 16.7. The van der Waals surface area contributed by atoms with Crippen molar-refractivity contribution >= 4 is 17.6 Å². The monoisotopic (exact) mass is 317 g/mol. The Morgan fingerprint density at radius 2 is 1.83 bits per heavy atom. The average Bonchev–Trinajstić information content (AvgIpc) is 2.56. The molecule has 1 aliphatic rings. The van der Waals surface area contributed by atoms with Gasteiger partial charge in [0.05, 0.1) is 0 Å². The molecule has 4 nitrogen and oxygen atoms in total. The first kappa shape index (κ1) is 17.5. The fourth-order valence-corrected chi connectivity index (χ4v) is 2.99. The van der Waals surface area contributed by atoms with Gasteiger partial charge in [0.15, 0.2) is 6.10 Å². The van der Waals surface area contributed by atoms with E-state index in [-0.39, 0.29) is 11.9 Å². The number of nitrogens with one attached hydrogen (secondary N) is 1. The molecule has 1 amide bonds. The van der Waals surface area contributed by atoms with Gasteiger partial charge in [0.25, 0.3) is 5.91 Å². The minimum Gasteiger partial charge on any atom is -0.453 e. The number of amides is 1. The number of aryl methyl sites for hydroxylation is 1. The standard InChI is InChI=1S/C19H27NO3/c1-14-8-11-17(12-9-14)20-19(22)15(2)23-18(21)13-10-16-6-4-3-5-7-16/h8-9,11-12,15-16H,3-7,10,13H2,1-2H3,(H,20,22)/t15-/m0/s1. The summed E-state index contributed by atoms with van der Waals surface area (Å²) >= 11 is 0. The molecular weight excluding hydrogens is 290 g/mol. The molecule has 126 valence electrons. The van der Waals surface area contributed by atoms with Crippen LogP contribution in [0.5, 0.6) is 0 Å². The van der Waals surface area contributed by atoms with Crippen LogP contribution in [0.15, 0.2) is 24.3 Å². The van der Waals surface area contributed by atoms with E-state index in [0.717, 1.165) is 12.0 Å². The third kappa shape index (κ3) is 6.05. The van der Waals surface area contributed by atoms with Crippen LogP contribution in [-0.2, 0) is 14.3 Å². The topological polar surface area (TPSA) is 55.4 Å². The largest absolute Gasteiger partial charge is 0.453 e. The van der Waals surface area contributed by atoms with Crippen molar-refractivity contribution in [2.45, 2.75) is 64.9 Å². The quantitative estimate of drug-likeness (QED) is 0.799. The van der Waals surface area contributed by atoms with Crippen molar-refractivity contribution in [3.63, 3.8) is 0 Å². The Hall–Kier alpha value is -1.84. The normalized spacial score (nSPS) is 16.6. The first-order valence-corrected chi connectivity index (χ1v) is 8.61. The van der Waals surface area contributed by atoms with E-state index in [1.54, 1.807) is 6.92 Å². The van der Waals surface area contributed by atoms with E-state index in [1.165, 1.54) is 32.1 Å². The van der Waals surface area contributed by atoms with Crippen molar-refractivity contribution in [3.05, 3.63) is 29.8 Å². The predicted molar refractivity (Wildman–Crippen MR) is 91.2 cm³/mol. The number of carbonyl (C=O) groups is 2. The lowest BCUT2D eigenvalue weighted by atomic mass is 9.86. The molecule has 1 saturated carbocycles. The number of benzene rings is 1. The van der Waals surface area contributed by atoms with Crippen LogP contribution in [0.25, 0.3) is 0 Å². The van der Waals surface area contributed by atoms with Gasteiger partial charge in [-0.3, -0.25) is 9.59 Å². The summed E-state index contributed by atoms with van der Waals surface area (Å²) < 4.78 is 5.25. The first-order chi connectivity index (χ1) is 11.0. The second-order valence-electron chi connectivity index (χ2n) is 6.53. The van der Waals surface area contributed by atoms with E-state index in [0.29, 0.717) is 18.0 Å². The molecule has 0 heterocycles. The highest BCUT2D eigenvalue weighted by Crippen LogP contribution is 2.27. The summed E-state index contributed by atoms with van der Waals surface area (Å²) in [6.07, 6.45) is 6.82. The maximum atomic E-state index is 12.1. The minimum absolute atomic E-state index is 0.276. The number of ether oxygens (including phenoxy) is 1. The minimum atomic E-state index is -0.768. The van der Waals surface area contributed by atoms with E-state index < -0.39 is 6.10 Å². The second-order valence-corrected chi connectivity index (χ2v) is 6.53. The summed E-state index contributed by atoms with van der Waals surface area (Å²) in [6.45, 7) is 3.60. The van der Waals surface area contributed by atoms with Crippen LogP contribution in [-0.4, -0.2) is 18.0 Å². The van der Waals surface area contributed by atoms with Crippen LogP contribution >= 0.6 is 0 Å². The van der Waals surface area contributed by atoms with Gasteiger partial charge in [-0.2, -0.15) is 0 Å². The Kier molecular flexibility index (Phi) is 6.63. The molecule has 1 atom stereocenters. The predicted octanol–water partition coefficient (Wildman–Crippen LogP) is 4.23. The van der Waals surface area contributed by atoms with Crippen molar-refractivity contribution < 1.29 is 14.3 Å². The molecule has 0 spiro atoms. The molecule has 2 rings (SSSR count). The van der Waals surface area contributed by atoms with Crippen molar-refractivity contribution in [1.82, 2.24) is 0 Å². The summed E-state index contributed by atoms with van der Waals surface area (Å²) in [7, 11) is 0. The van der Waals surface area contributed by atoms with Gasteiger partial charge in [-0.15, -0.1) is 0 Å². The molecule has 1 aromatic rings. The lowest BCUT2D eigenvalue weighted by Gasteiger charge is -2.21. The van der Waals surface area contributed by atoms with E-state index in [4.69, 9.17) is 4.74 Å². The third-order valence-corrected chi connectivity index (χ3v) is 4.48. The molecule has 0 radical (unpaired) electrons. The molecule has 1 aromatic carbocycles. The maximum Gasteiger partial charge on any atom is 0.306 e. The van der Waals surface area contributed by atoms with Crippen molar-refractivity contribution in [2.75, 3.05) is 5.32 Å². The molecule has 4 heteroatoms. The number of hydrogen-bond acceptors (Lipinski definition) is 3. The van der Waals surface area contributed by atoms with Gasteiger partial charge in [0, 0.05) is 12.1 Å². The zero-order valence-electron chi connectivity index (χ0n) is 14.1. The molecule has 1 N–H and O–H groups in total. The lowest BCUT2D eigenvalue weighted by Crippen LogP contribution is -2.30. The molecule has 23 heavy (non-hydrogen) atoms. The number of rotatable bonds is 6. The fraction of sp³-hybridized carbons (Fsp3) is 0.579. The Morgan fingerprint density at radius 1 is 1.17 bits per heavy atom. The molecule has 1 fully saturated rings. The van der Waals surface area contributed by atoms with Crippen molar-refractivity contribution in [2.24, 2.45) is 5.92 Å². The number of esters is 1. The average molecular weight is 317 g/mol. The fourth-order valence-electron chi connectivity index (χ4n) is 2.99. The summed E-state index contributed by atoms with van der Waals surface area (Å²) in [5.74, 6) is 0.0787. The summed E-state index contributed by atoms with van der Waals surface area (Å²) in [4.78, 5) is 23.9. The van der Waals surface area contributed by atoms with Gasteiger partial charge in [0.2, 0.25) is 0 Å². The highest BCUT2D eigenvalue weighted by Gasteiger charge is 2.20. The van der Waals surface area contributed by atoms with Gasteiger partial charge in [-0.05, 0) is 38.3 Å². The molecule has 0 aliphatic heterocycles. The smallest absolute Gasteiger partial charge is 0.306 e. The Labute approximate surface area is 138 Å². The molecule has 0 bridgehead atoms. The molecule has 1 aliphatic carbocycles. The van der Waals surface area contributed by atoms with Gasteiger partial charge in [-0.1, -0.05) is 49.8 Å². The van der Waals surface area contributed by atoms with E-state index in [2.05, 4.69) is 5.32 Å². The second kappa shape index (κ2) is 8.70. The van der Waals surface area contributed by atoms with Crippen LogP contribution in [0.1, 0.15) is 57.4 Å². The van der Waals surface area contributed by atoms with Crippen LogP contribution in [0, 0.1) is 12.8 Å². The van der Waals surface area contributed by atoms with Crippen LogP contribution in [0.2, 0.25) is 0 Å².